The number of benzene rings is 3. The molecule has 0 fully saturated rings. The van der Waals surface area contributed by atoms with Crippen LogP contribution in [0.2, 0.25) is 0 Å². The minimum Gasteiger partial charge on any atom is -0.493 e. The van der Waals surface area contributed by atoms with Crippen LogP contribution in [-0.2, 0) is 6.42 Å². The quantitative estimate of drug-likeness (QED) is 0.557. The number of para-hydroxylation sites is 1. The van der Waals surface area contributed by atoms with E-state index in [-0.39, 0.29) is 11.8 Å². The Labute approximate surface area is 200 Å². The van der Waals surface area contributed by atoms with E-state index in [1.54, 1.807) is 6.07 Å². The van der Waals surface area contributed by atoms with Gasteiger partial charge in [0.15, 0.2) is 0 Å². The van der Waals surface area contributed by atoms with Crippen molar-refractivity contribution in [2.45, 2.75) is 25.7 Å². The molecule has 1 aliphatic heterocycles. The van der Waals surface area contributed by atoms with E-state index < -0.39 is 0 Å². The van der Waals surface area contributed by atoms with Crippen LogP contribution in [0.25, 0.3) is 0 Å². The number of carbonyl (C=O) groups excluding carboxylic acids is 2. The van der Waals surface area contributed by atoms with Gasteiger partial charge in [-0.2, -0.15) is 0 Å². The summed E-state index contributed by atoms with van der Waals surface area (Å²) in [6.45, 7) is 2.05. The van der Waals surface area contributed by atoms with Gasteiger partial charge in [0, 0.05) is 24.1 Å². The van der Waals surface area contributed by atoms with Crippen molar-refractivity contribution in [1.82, 2.24) is 10.6 Å². The molecule has 0 aromatic heterocycles. The van der Waals surface area contributed by atoms with Gasteiger partial charge in [-0.3, -0.25) is 9.59 Å². The Kier molecular flexibility index (Phi) is 8.17. The van der Waals surface area contributed by atoms with E-state index in [1.807, 2.05) is 66.7 Å². The molecule has 1 aliphatic rings. The average molecular weight is 459 g/mol. The van der Waals surface area contributed by atoms with E-state index in [4.69, 9.17) is 9.47 Å². The predicted octanol–water partition coefficient (Wildman–Crippen LogP) is 4.38. The van der Waals surface area contributed by atoms with Crippen LogP contribution in [0.5, 0.6) is 11.5 Å². The Balaban J connectivity index is 1.46. The minimum atomic E-state index is -0.160. The number of amides is 2. The topological polar surface area (TPSA) is 76.7 Å². The molecular weight excluding hydrogens is 428 g/mol. The number of nitrogens with one attached hydrogen (secondary N) is 2. The van der Waals surface area contributed by atoms with E-state index in [0.717, 1.165) is 41.9 Å². The van der Waals surface area contributed by atoms with Crippen molar-refractivity contribution in [1.29, 1.82) is 0 Å². The van der Waals surface area contributed by atoms with Crippen molar-refractivity contribution in [3.05, 3.63) is 95.1 Å². The van der Waals surface area contributed by atoms with Gasteiger partial charge in [0.05, 0.1) is 13.2 Å². The Hall–Kier alpha value is -3.80. The fraction of sp³-hybridized carbons (Fsp3) is 0.286. The van der Waals surface area contributed by atoms with Crippen molar-refractivity contribution >= 4 is 11.8 Å². The van der Waals surface area contributed by atoms with Crippen LogP contribution >= 0.6 is 0 Å². The SMILES string of the molecule is O=C1NCCCCCOc2ccc(C(=O)NCCOc3ccccc3)cc2Cc2cccc1c2. The van der Waals surface area contributed by atoms with Gasteiger partial charge in [0.1, 0.15) is 18.1 Å². The lowest BCUT2D eigenvalue weighted by Gasteiger charge is -2.15. The molecule has 0 saturated heterocycles. The summed E-state index contributed by atoms with van der Waals surface area (Å²) in [5.74, 6) is 1.33. The number of rotatable bonds is 5. The maximum Gasteiger partial charge on any atom is 0.251 e. The Bertz CT molecular complexity index is 1110. The van der Waals surface area contributed by atoms with Gasteiger partial charge in [0.2, 0.25) is 0 Å². The molecule has 3 aromatic carbocycles. The number of carbonyl (C=O) groups is 2. The molecule has 6 nitrogen and oxygen atoms in total. The van der Waals surface area contributed by atoms with E-state index in [2.05, 4.69) is 10.6 Å². The summed E-state index contributed by atoms with van der Waals surface area (Å²) in [6, 6.07) is 22.7. The first-order valence-electron chi connectivity index (χ1n) is 11.8. The molecule has 0 atom stereocenters. The van der Waals surface area contributed by atoms with Crippen LogP contribution < -0.4 is 20.1 Å². The van der Waals surface area contributed by atoms with E-state index >= 15 is 0 Å². The minimum absolute atomic E-state index is 0.0544. The van der Waals surface area contributed by atoms with Crippen LogP contribution in [0.1, 0.15) is 51.1 Å². The van der Waals surface area contributed by atoms with Gasteiger partial charge in [-0.25, -0.2) is 0 Å². The molecule has 0 aliphatic carbocycles. The fourth-order valence-electron chi connectivity index (χ4n) is 3.88. The summed E-state index contributed by atoms with van der Waals surface area (Å²) in [7, 11) is 0. The fourth-order valence-corrected chi connectivity index (χ4v) is 3.88. The highest BCUT2D eigenvalue weighted by Gasteiger charge is 2.13. The second-order valence-electron chi connectivity index (χ2n) is 8.28. The highest BCUT2D eigenvalue weighted by molar-refractivity contribution is 5.95. The van der Waals surface area contributed by atoms with Crippen molar-refractivity contribution in [3.8, 4) is 11.5 Å². The maximum absolute atomic E-state index is 12.8. The number of ether oxygens (including phenoxy) is 2. The van der Waals surface area contributed by atoms with Gasteiger partial charge in [-0.15, -0.1) is 0 Å². The number of hydrogen-bond donors (Lipinski definition) is 2. The molecule has 2 amide bonds. The summed E-state index contributed by atoms with van der Waals surface area (Å²) >= 11 is 0. The predicted molar refractivity (Wildman–Crippen MR) is 132 cm³/mol. The molecule has 0 saturated carbocycles. The molecule has 1 heterocycles. The molecule has 34 heavy (non-hydrogen) atoms. The van der Waals surface area contributed by atoms with E-state index in [9.17, 15) is 9.59 Å². The van der Waals surface area contributed by atoms with Crippen LogP contribution in [0.15, 0.2) is 72.8 Å². The van der Waals surface area contributed by atoms with Gasteiger partial charge < -0.3 is 20.1 Å². The highest BCUT2D eigenvalue weighted by Crippen LogP contribution is 2.25. The van der Waals surface area contributed by atoms with Gasteiger partial charge in [-0.1, -0.05) is 30.3 Å². The highest BCUT2D eigenvalue weighted by atomic mass is 16.5. The number of fused-ring (bicyclic) bond motifs is 3. The first-order valence-corrected chi connectivity index (χ1v) is 11.8. The Morgan fingerprint density at radius 1 is 0.971 bits per heavy atom. The normalized spacial score (nSPS) is 14.1. The second-order valence-corrected chi connectivity index (χ2v) is 8.28. The van der Waals surface area contributed by atoms with Gasteiger partial charge in [-0.05, 0) is 72.9 Å². The molecule has 0 unspecified atom stereocenters. The summed E-state index contributed by atoms with van der Waals surface area (Å²) in [4.78, 5) is 25.2. The summed E-state index contributed by atoms with van der Waals surface area (Å²) < 4.78 is 11.7. The van der Waals surface area contributed by atoms with Crippen molar-refractivity contribution in [2.75, 3.05) is 26.3 Å². The van der Waals surface area contributed by atoms with Crippen molar-refractivity contribution < 1.29 is 19.1 Å². The van der Waals surface area contributed by atoms with Crippen LogP contribution in [-0.4, -0.2) is 38.1 Å². The standard InChI is InChI=1S/C28H30N2O4/c31-27-22-9-7-8-21(18-22)19-24-20-23(12-13-26(24)34-16-6-2-5-14-29-27)28(32)30-15-17-33-25-10-3-1-4-11-25/h1,3-4,7-13,18,20H,2,5-6,14-17,19H2,(H,29,31)(H,30,32). The smallest absolute Gasteiger partial charge is 0.251 e. The molecular formula is C28H30N2O4. The zero-order valence-electron chi connectivity index (χ0n) is 19.2. The van der Waals surface area contributed by atoms with E-state index in [1.165, 1.54) is 0 Å². The molecule has 0 radical (unpaired) electrons. The van der Waals surface area contributed by atoms with E-state index in [0.29, 0.717) is 43.9 Å². The van der Waals surface area contributed by atoms with Crippen molar-refractivity contribution in [2.24, 2.45) is 0 Å². The molecule has 3 aromatic rings. The zero-order chi connectivity index (χ0) is 23.6. The molecule has 0 spiro atoms. The summed E-state index contributed by atoms with van der Waals surface area (Å²) in [5.41, 5.74) is 3.12. The average Bonchev–Trinajstić information content (AvgIpc) is 2.87. The second kappa shape index (κ2) is 11.9. The first kappa shape index (κ1) is 23.4. The molecule has 176 valence electrons. The third-order valence-electron chi connectivity index (χ3n) is 5.67. The van der Waals surface area contributed by atoms with Crippen molar-refractivity contribution in [3.63, 3.8) is 0 Å². The van der Waals surface area contributed by atoms with Gasteiger partial charge in [0.25, 0.3) is 11.8 Å². The lowest BCUT2D eigenvalue weighted by Crippen LogP contribution is -2.28. The Morgan fingerprint density at radius 2 is 1.85 bits per heavy atom. The summed E-state index contributed by atoms with van der Waals surface area (Å²) in [5, 5.41) is 5.89. The maximum atomic E-state index is 12.8. The third kappa shape index (κ3) is 6.61. The van der Waals surface area contributed by atoms with Gasteiger partial charge >= 0.3 is 0 Å². The van der Waals surface area contributed by atoms with Crippen LogP contribution in [0.4, 0.5) is 0 Å². The molecule has 2 bridgehead atoms. The lowest BCUT2D eigenvalue weighted by atomic mass is 9.99. The largest absolute Gasteiger partial charge is 0.493 e. The molecule has 2 N–H and O–H groups in total. The van der Waals surface area contributed by atoms with Crippen LogP contribution in [0.3, 0.4) is 0 Å². The first-order chi connectivity index (χ1) is 16.7. The van der Waals surface area contributed by atoms with Crippen LogP contribution in [0, 0.1) is 0 Å². The third-order valence-corrected chi connectivity index (χ3v) is 5.67. The monoisotopic (exact) mass is 458 g/mol. The molecule has 6 heteroatoms. The lowest BCUT2D eigenvalue weighted by molar-refractivity contribution is 0.0941. The summed E-state index contributed by atoms with van der Waals surface area (Å²) in [6.07, 6.45) is 3.36. The molecule has 4 rings (SSSR count). The Morgan fingerprint density at radius 3 is 2.74 bits per heavy atom. The zero-order valence-corrected chi connectivity index (χ0v) is 19.2. The number of hydrogen-bond acceptors (Lipinski definition) is 4.